The molecular weight excluding hydrogens is 282 g/mol. The Kier molecular flexibility index (Phi) is 3.84. The number of halogens is 2. The summed E-state index contributed by atoms with van der Waals surface area (Å²) in [6.07, 6.45) is 0. The molecule has 5 nitrogen and oxygen atoms in total. The summed E-state index contributed by atoms with van der Waals surface area (Å²) >= 11 is 0. The number of nitrogens with one attached hydrogen (secondary N) is 1. The van der Waals surface area contributed by atoms with Crippen LogP contribution in [0.15, 0.2) is 36.4 Å². The second-order valence-electron chi connectivity index (χ2n) is 4.19. The molecular formula is C14H10F2N2O3. The second-order valence-corrected chi connectivity index (χ2v) is 4.19. The maximum atomic E-state index is 13.7. The molecule has 21 heavy (non-hydrogen) atoms. The van der Waals surface area contributed by atoms with Gasteiger partial charge in [-0.25, -0.2) is 13.6 Å². The molecule has 0 aromatic heterocycles. The number of hydrogen-bond acceptors (Lipinski definition) is 3. The van der Waals surface area contributed by atoms with Crippen LogP contribution in [0.3, 0.4) is 0 Å². The number of carbonyl (C=O) groups excluding carboxylic acids is 1. The van der Waals surface area contributed by atoms with Gasteiger partial charge >= 0.3 is 5.97 Å². The Hall–Kier alpha value is -2.96. The van der Waals surface area contributed by atoms with Gasteiger partial charge in [0, 0.05) is 11.3 Å². The summed E-state index contributed by atoms with van der Waals surface area (Å²) in [5.74, 6) is -4.12. The summed E-state index contributed by atoms with van der Waals surface area (Å²) in [6.45, 7) is 0. The first kappa shape index (κ1) is 14.4. The summed E-state index contributed by atoms with van der Waals surface area (Å²) in [4.78, 5) is 21.6. The van der Waals surface area contributed by atoms with Crippen molar-refractivity contribution in [2.75, 3.05) is 5.32 Å². The van der Waals surface area contributed by atoms with Gasteiger partial charge in [0.2, 0.25) is 5.91 Å². The van der Waals surface area contributed by atoms with Crippen LogP contribution in [0.1, 0.15) is 20.7 Å². The smallest absolute Gasteiger partial charge is 0.335 e. The minimum absolute atomic E-state index is 0.253. The monoisotopic (exact) mass is 292 g/mol. The van der Waals surface area contributed by atoms with Crippen molar-refractivity contribution in [3.63, 3.8) is 0 Å². The van der Waals surface area contributed by atoms with E-state index in [9.17, 15) is 18.4 Å². The molecule has 0 aliphatic heterocycles. The fourth-order valence-corrected chi connectivity index (χ4v) is 1.68. The van der Waals surface area contributed by atoms with Crippen LogP contribution in [-0.2, 0) is 0 Å². The van der Waals surface area contributed by atoms with Crippen LogP contribution < -0.4 is 11.1 Å². The lowest BCUT2D eigenvalue weighted by molar-refractivity contribution is 0.0695. The van der Waals surface area contributed by atoms with E-state index in [1.807, 2.05) is 0 Å². The largest absolute Gasteiger partial charge is 0.478 e. The molecule has 0 fully saturated rings. The van der Waals surface area contributed by atoms with Crippen molar-refractivity contribution in [2.45, 2.75) is 0 Å². The standard InChI is InChI=1S/C14H10F2N2O3/c15-10-5-8(14(20)21)6-11(16)12(10)18-9-3-1-7(2-4-9)13(17)19/h1-6,18H,(H2,17,19)(H,20,21). The van der Waals surface area contributed by atoms with E-state index in [-0.39, 0.29) is 5.56 Å². The highest BCUT2D eigenvalue weighted by atomic mass is 19.1. The lowest BCUT2D eigenvalue weighted by Crippen LogP contribution is -2.10. The lowest BCUT2D eigenvalue weighted by atomic mass is 10.1. The molecule has 0 aliphatic carbocycles. The number of aromatic carboxylic acids is 1. The summed E-state index contributed by atoms with van der Waals surface area (Å²) in [5, 5.41) is 11.2. The van der Waals surface area contributed by atoms with E-state index >= 15 is 0 Å². The number of amides is 1. The number of carboxylic acids is 1. The quantitative estimate of drug-likeness (QED) is 0.807. The molecule has 0 saturated heterocycles. The molecule has 0 saturated carbocycles. The van der Waals surface area contributed by atoms with Gasteiger partial charge in [-0.3, -0.25) is 4.79 Å². The third-order valence-electron chi connectivity index (χ3n) is 2.73. The van der Waals surface area contributed by atoms with Crippen LogP contribution in [0.25, 0.3) is 0 Å². The number of nitrogens with two attached hydrogens (primary N) is 1. The maximum absolute atomic E-state index is 13.7. The minimum atomic E-state index is -1.43. The predicted molar refractivity (Wildman–Crippen MR) is 71.6 cm³/mol. The second kappa shape index (κ2) is 5.58. The van der Waals surface area contributed by atoms with E-state index in [2.05, 4.69) is 5.32 Å². The fourth-order valence-electron chi connectivity index (χ4n) is 1.68. The first-order valence-electron chi connectivity index (χ1n) is 5.77. The number of rotatable bonds is 4. The number of hydrogen-bond donors (Lipinski definition) is 3. The Bertz CT molecular complexity index is 692. The van der Waals surface area contributed by atoms with Crippen LogP contribution in [0, 0.1) is 11.6 Å². The highest BCUT2D eigenvalue weighted by Crippen LogP contribution is 2.25. The van der Waals surface area contributed by atoms with Gasteiger partial charge in [-0.2, -0.15) is 0 Å². The fraction of sp³-hybridized carbons (Fsp3) is 0. The molecule has 7 heteroatoms. The zero-order valence-corrected chi connectivity index (χ0v) is 10.6. The number of anilines is 2. The van der Waals surface area contributed by atoms with Crippen molar-refractivity contribution in [2.24, 2.45) is 5.73 Å². The van der Waals surface area contributed by atoms with Crippen molar-refractivity contribution in [1.29, 1.82) is 0 Å². The van der Waals surface area contributed by atoms with E-state index in [0.717, 1.165) is 0 Å². The van der Waals surface area contributed by atoms with Gasteiger partial charge < -0.3 is 16.2 Å². The number of benzene rings is 2. The maximum Gasteiger partial charge on any atom is 0.335 e. The summed E-state index contributed by atoms with van der Waals surface area (Å²) in [6, 6.07) is 7.06. The van der Waals surface area contributed by atoms with Gasteiger partial charge in [-0.1, -0.05) is 0 Å². The van der Waals surface area contributed by atoms with Crippen LogP contribution in [0.5, 0.6) is 0 Å². The average molecular weight is 292 g/mol. The van der Waals surface area contributed by atoms with Gasteiger partial charge in [0.1, 0.15) is 5.69 Å². The molecule has 108 valence electrons. The summed E-state index contributed by atoms with van der Waals surface area (Å²) in [7, 11) is 0. The lowest BCUT2D eigenvalue weighted by Gasteiger charge is -2.10. The Morgan fingerprint density at radius 1 is 1.00 bits per heavy atom. The molecule has 0 bridgehead atoms. The summed E-state index contributed by atoms with van der Waals surface area (Å²) in [5.41, 5.74) is 4.68. The van der Waals surface area contributed by atoms with E-state index in [4.69, 9.17) is 10.8 Å². The molecule has 1 amide bonds. The Morgan fingerprint density at radius 3 is 1.95 bits per heavy atom. The molecule has 0 heterocycles. The van der Waals surface area contributed by atoms with Gasteiger partial charge in [-0.15, -0.1) is 0 Å². The Labute approximate surface area is 118 Å². The molecule has 0 unspecified atom stereocenters. The first-order valence-corrected chi connectivity index (χ1v) is 5.77. The first-order chi connectivity index (χ1) is 9.88. The molecule has 2 aromatic carbocycles. The number of carboxylic acid groups (broad SMARTS) is 1. The SMILES string of the molecule is NC(=O)c1ccc(Nc2c(F)cc(C(=O)O)cc2F)cc1. The van der Waals surface area contributed by atoms with E-state index in [0.29, 0.717) is 17.8 Å². The summed E-state index contributed by atoms with van der Waals surface area (Å²) < 4.78 is 27.4. The average Bonchev–Trinajstić information content (AvgIpc) is 2.43. The van der Waals surface area contributed by atoms with Crippen molar-refractivity contribution >= 4 is 23.3 Å². The molecule has 2 rings (SSSR count). The van der Waals surface area contributed by atoms with Gasteiger partial charge in [0.25, 0.3) is 0 Å². The predicted octanol–water partition coefficient (Wildman–Crippen LogP) is 2.51. The normalized spacial score (nSPS) is 10.2. The van der Waals surface area contributed by atoms with Crippen LogP contribution in [0.2, 0.25) is 0 Å². The number of carbonyl (C=O) groups is 2. The molecule has 0 atom stereocenters. The Balaban J connectivity index is 2.31. The number of primary amides is 1. The van der Waals surface area contributed by atoms with E-state index < -0.39 is 34.8 Å². The van der Waals surface area contributed by atoms with Crippen LogP contribution >= 0.6 is 0 Å². The molecule has 2 aromatic rings. The molecule has 0 radical (unpaired) electrons. The molecule has 0 aliphatic rings. The third-order valence-corrected chi connectivity index (χ3v) is 2.73. The topological polar surface area (TPSA) is 92.4 Å². The zero-order valence-electron chi connectivity index (χ0n) is 10.6. The van der Waals surface area contributed by atoms with Crippen LogP contribution in [0.4, 0.5) is 20.2 Å². The highest BCUT2D eigenvalue weighted by Gasteiger charge is 2.15. The van der Waals surface area contributed by atoms with Crippen molar-refractivity contribution in [1.82, 2.24) is 0 Å². The third kappa shape index (κ3) is 3.14. The van der Waals surface area contributed by atoms with E-state index in [1.54, 1.807) is 0 Å². The Morgan fingerprint density at radius 2 is 1.52 bits per heavy atom. The van der Waals surface area contributed by atoms with Crippen molar-refractivity contribution in [3.05, 3.63) is 59.2 Å². The van der Waals surface area contributed by atoms with Gasteiger partial charge in [-0.05, 0) is 36.4 Å². The van der Waals surface area contributed by atoms with E-state index in [1.165, 1.54) is 24.3 Å². The zero-order chi connectivity index (χ0) is 15.6. The van der Waals surface area contributed by atoms with Crippen LogP contribution in [-0.4, -0.2) is 17.0 Å². The molecule has 0 spiro atoms. The highest BCUT2D eigenvalue weighted by molar-refractivity contribution is 5.93. The minimum Gasteiger partial charge on any atom is -0.478 e. The molecule has 4 N–H and O–H groups in total. The van der Waals surface area contributed by atoms with Crippen molar-refractivity contribution in [3.8, 4) is 0 Å². The van der Waals surface area contributed by atoms with Gasteiger partial charge in [0.05, 0.1) is 5.56 Å². The van der Waals surface area contributed by atoms with Crippen molar-refractivity contribution < 1.29 is 23.5 Å². The van der Waals surface area contributed by atoms with Gasteiger partial charge in [0.15, 0.2) is 11.6 Å².